The molecule has 0 saturated carbocycles. The SMILES string of the molecule is CCCN[C@H](C)C(=O)CC. The zero-order valence-electron chi connectivity index (χ0n) is 7.11. The molecule has 0 aliphatic rings. The zero-order valence-corrected chi connectivity index (χ0v) is 7.11. The Hall–Kier alpha value is -0.370. The highest BCUT2D eigenvalue weighted by Crippen LogP contribution is 1.89. The molecule has 0 fully saturated rings. The Labute approximate surface area is 63.0 Å². The first-order valence-electron chi connectivity index (χ1n) is 3.98. The monoisotopic (exact) mass is 143 g/mol. The summed E-state index contributed by atoms with van der Waals surface area (Å²) in [4.78, 5) is 11.0. The van der Waals surface area contributed by atoms with Crippen LogP contribution in [-0.4, -0.2) is 18.4 Å². The van der Waals surface area contributed by atoms with E-state index in [1.165, 1.54) is 0 Å². The molecular formula is C8H17NO. The summed E-state index contributed by atoms with van der Waals surface area (Å²) in [6.45, 7) is 6.84. The molecule has 2 nitrogen and oxygen atoms in total. The van der Waals surface area contributed by atoms with Gasteiger partial charge in [0.25, 0.3) is 0 Å². The van der Waals surface area contributed by atoms with Crippen LogP contribution in [0.2, 0.25) is 0 Å². The van der Waals surface area contributed by atoms with Gasteiger partial charge in [0, 0.05) is 6.42 Å². The maximum absolute atomic E-state index is 11.0. The Bertz CT molecular complexity index is 101. The highest BCUT2D eigenvalue weighted by atomic mass is 16.1. The average Bonchev–Trinajstić information content (AvgIpc) is 1.98. The van der Waals surface area contributed by atoms with Crippen LogP contribution in [-0.2, 0) is 4.79 Å². The maximum atomic E-state index is 11.0. The van der Waals surface area contributed by atoms with Crippen molar-refractivity contribution in [3.05, 3.63) is 0 Å². The smallest absolute Gasteiger partial charge is 0.149 e. The highest BCUT2D eigenvalue weighted by molar-refractivity contribution is 5.83. The molecule has 0 aromatic rings. The Balaban J connectivity index is 3.41. The molecule has 1 N–H and O–H groups in total. The van der Waals surface area contributed by atoms with E-state index in [9.17, 15) is 4.79 Å². The molecule has 0 spiro atoms. The van der Waals surface area contributed by atoms with Gasteiger partial charge in [-0.2, -0.15) is 0 Å². The third-order valence-electron chi connectivity index (χ3n) is 1.53. The number of carbonyl (C=O) groups is 1. The van der Waals surface area contributed by atoms with Crippen molar-refractivity contribution in [3.8, 4) is 0 Å². The Morgan fingerprint density at radius 2 is 2.10 bits per heavy atom. The van der Waals surface area contributed by atoms with Crippen molar-refractivity contribution in [2.24, 2.45) is 0 Å². The van der Waals surface area contributed by atoms with Crippen LogP contribution in [0.15, 0.2) is 0 Å². The lowest BCUT2D eigenvalue weighted by molar-refractivity contribution is -0.120. The van der Waals surface area contributed by atoms with E-state index in [4.69, 9.17) is 0 Å². The number of rotatable bonds is 5. The first-order valence-corrected chi connectivity index (χ1v) is 3.98. The topological polar surface area (TPSA) is 29.1 Å². The van der Waals surface area contributed by atoms with Gasteiger partial charge in [-0.05, 0) is 19.9 Å². The van der Waals surface area contributed by atoms with E-state index in [1.54, 1.807) is 0 Å². The molecule has 0 saturated heterocycles. The molecule has 10 heavy (non-hydrogen) atoms. The van der Waals surface area contributed by atoms with Crippen LogP contribution in [0.1, 0.15) is 33.6 Å². The minimum Gasteiger partial charge on any atom is -0.308 e. The van der Waals surface area contributed by atoms with E-state index in [0.29, 0.717) is 12.2 Å². The van der Waals surface area contributed by atoms with Gasteiger partial charge in [-0.3, -0.25) is 4.79 Å². The van der Waals surface area contributed by atoms with Crippen LogP contribution < -0.4 is 5.32 Å². The van der Waals surface area contributed by atoms with Crippen LogP contribution in [0.4, 0.5) is 0 Å². The normalized spacial score (nSPS) is 13.1. The number of carbonyl (C=O) groups excluding carboxylic acids is 1. The summed E-state index contributed by atoms with van der Waals surface area (Å²) in [6, 6.07) is 0.0462. The summed E-state index contributed by atoms with van der Waals surface area (Å²) in [7, 11) is 0. The van der Waals surface area contributed by atoms with Gasteiger partial charge in [-0.15, -0.1) is 0 Å². The molecule has 1 atom stereocenters. The second-order valence-corrected chi connectivity index (χ2v) is 2.50. The predicted octanol–water partition coefficient (Wildman–Crippen LogP) is 1.35. The predicted molar refractivity (Wildman–Crippen MR) is 43.1 cm³/mol. The highest BCUT2D eigenvalue weighted by Gasteiger charge is 2.07. The van der Waals surface area contributed by atoms with Crippen molar-refractivity contribution >= 4 is 5.78 Å². The molecule has 0 aliphatic heterocycles. The molecule has 2 heteroatoms. The lowest BCUT2D eigenvalue weighted by Crippen LogP contribution is -2.33. The zero-order chi connectivity index (χ0) is 7.98. The van der Waals surface area contributed by atoms with Crippen LogP contribution in [0.5, 0.6) is 0 Å². The van der Waals surface area contributed by atoms with Crippen LogP contribution in [0.25, 0.3) is 0 Å². The lowest BCUT2D eigenvalue weighted by Gasteiger charge is -2.09. The second-order valence-electron chi connectivity index (χ2n) is 2.50. The van der Waals surface area contributed by atoms with Crippen LogP contribution >= 0.6 is 0 Å². The van der Waals surface area contributed by atoms with E-state index in [-0.39, 0.29) is 6.04 Å². The molecule has 0 aromatic carbocycles. The summed E-state index contributed by atoms with van der Waals surface area (Å²) >= 11 is 0. The average molecular weight is 143 g/mol. The number of nitrogens with one attached hydrogen (secondary N) is 1. The first-order chi connectivity index (χ1) is 4.72. The van der Waals surface area contributed by atoms with Crippen molar-refractivity contribution in [3.63, 3.8) is 0 Å². The van der Waals surface area contributed by atoms with Gasteiger partial charge in [0.2, 0.25) is 0 Å². The fourth-order valence-corrected chi connectivity index (χ4v) is 0.781. The van der Waals surface area contributed by atoms with Gasteiger partial charge in [0.05, 0.1) is 6.04 Å². The quantitative estimate of drug-likeness (QED) is 0.629. The molecule has 60 valence electrons. The first kappa shape index (κ1) is 9.63. The van der Waals surface area contributed by atoms with Crippen LogP contribution in [0.3, 0.4) is 0 Å². The lowest BCUT2D eigenvalue weighted by atomic mass is 10.2. The molecular weight excluding hydrogens is 126 g/mol. The Morgan fingerprint density at radius 1 is 1.50 bits per heavy atom. The largest absolute Gasteiger partial charge is 0.308 e. The summed E-state index contributed by atoms with van der Waals surface area (Å²) in [5.41, 5.74) is 0. The van der Waals surface area contributed by atoms with Gasteiger partial charge in [-0.25, -0.2) is 0 Å². The fourth-order valence-electron chi connectivity index (χ4n) is 0.781. The number of hydrogen-bond acceptors (Lipinski definition) is 2. The molecule has 0 unspecified atom stereocenters. The van der Waals surface area contributed by atoms with Crippen molar-refractivity contribution in [2.45, 2.75) is 39.7 Å². The van der Waals surface area contributed by atoms with Crippen molar-refractivity contribution in [2.75, 3.05) is 6.54 Å². The van der Waals surface area contributed by atoms with E-state index in [1.807, 2.05) is 13.8 Å². The maximum Gasteiger partial charge on any atom is 0.149 e. The molecule has 0 aliphatic carbocycles. The van der Waals surface area contributed by atoms with Crippen molar-refractivity contribution in [1.29, 1.82) is 0 Å². The number of Topliss-reactive ketones (excluding diaryl/α,β-unsaturated/α-hetero) is 1. The molecule has 0 bridgehead atoms. The van der Waals surface area contributed by atoms with E-state index in [0.717, 1.165) is 13.0 Å². The Kier molecular flexibility index (Phi) is 5.22. The summed E-state index contributed by atoms with van der Waals surface area (Å²) < 4.78 is 0. The van der Waals surface area contributed by atoms with Crippen molar-refractivity contribution in [1.82, 2.24) is 5.32 Å². The molecule has 0 amide bonds. The standard InChI is InChI=1S/C8H17NO/c1-4-6-9-7(3)8(10)5-2/h7,9H,4-6H2,1-3H3/t7-/m1/s1. The third kappa shape index (κ3) is 3.62. The number of hydrogen-bond donors (Lipinski definition) is 1. The van der Waals surface area contributed by atoms with Crippen LogP contribution in [0, 0.1) is 0 Å². The molecule has 0 heterocycles. The summed E-state index contributed by atoms with van der Waals surface area (Å²) in [5.74, 6) is 0.299. The molecule has 0 radical (unpaired) electrons. The minimum absolute atomic E-state index is 0.0462. The van der Waals surface area contributed by atoms with E-state index >= 15 is 0 Å². The minimum atomic E-state index is 0.0462. The second kappa shape index (κ2) is 5.42. The summed E-state index contributed by atoms with van der Waals surface area (Å²) in [6.07, 6.45) is 1.72. The molecule has 0 rings (SSSR count). The third-order valence-corrected chi connectivity index (χ3v) is 1.53. The van der Waals surface area contributed by atoms with Gasteiger partial charge in [-0.1, -0.05) is 13.8 Å². The van der Waals surface area contributed by atoms with Gasteiger partial charge < -0.3 is 5.32 Å². The van der Waals surface area contributed by atoms with E-state index < -0.39 is 0 Å². The number of ketones is 1. The van der Waals surface area contributed by atoms with Gasteiger partial charge >= 0.3 is 0 Å². The fraction of sp³-hybridized carbons (Fsp3) is 0.875. The van der Waals surface area contributed by atoms with E-state index in [2.05, 4.69) is 12.2 Å². The molecule has 0 aromatic heterocycles. The Morgan fingerprint density at radius 3 is 2.50 bits per heavy atom. The van der Waals surface area contributed by atoms with Gasteiger partial charge in [0.1, 0.15) is 5.78 Å². The van der Waals surface area contributed by atoms with Crippen molar-refractivity contribution < 1.29 is 4.79 Å². The summed E-state index contributed by atoms with van der Waals surface area (Å²) in [5, 5.41) is 3.13. The van der Waals surface area contributed by atoms with Gasteiger partial charge in [0.15, 0.2) is 0 Å².